The summed E-state index contributed by atoms with van der Waals surface area (Å²) in [5, 5.41) is 28.1. The van der Waals surface area contributed by atoms with E-state index in [1.165, 1.54) is 24.1 Å². The lowest BCUT2D eigenvalue weighted by atomic mass is 9.89. The van der Waals surface area contributed by atoms with Crippen LogP contribution in [0.2, 0.25) is 0 Å². The van der Waals surface area contributed by atoms with Gasteiger partial charge in [0.2, 0.25) is 23.6 Å². The summed E-state index contributed by atoms with van der Waals surface area (Å²) >= 11 is 0. The molecule has 15 nitrogen and oxygen atoms in total. The van der Waals surface area contributed by atoms with E-state index in [1.807, 2.05) is 24.3 Å². The maximum absolute atomic E-state index is 14.3. The summed E-state index contributed by atoms with van der Waals surface area (Å²) in [6, 6.07) is 9.59. The smallest absolute Gasteiger partial charge is 0.305 e. The molecule has 7 N–H and O–H groups in total. The van der Waals surface area contributed by atoms with E-state index >= 15 is 0 Å². The number of carbonyl (C=O) groups is 7. The number of likely N-dealkylation sites (N-methyl/N-ethyl adjacent to an activating group) is 1. The molecule has 1 unspecified atom stereocenters. The number of hydrogen-bond acceptors (Lipinski definition) is 8. The molecular formula is C36H43N7O8. The molecule has 51 heavy (non-hydrogen) atoms. The van der Waals surface area contributed by atoms with Crippen LogP contribution in [0, 0.1) is 17.2 Å². The van der Waals surface area contributed by atoms with Crippen LogP contribution < -0.4 is 21.3 Å². The topological polar surface area (TPSA) is 231 Å². The molecule has 1 fully saturated rings. The Hall–Kier alpha value is -5.86. The predicted molar refractivity (Wildman–Crippen MR) is 187 cm³/mol. The van der Waals surface area contributed by atoms with Crippen LogP contribution in [0.5, 0.6) is 0 Å². The van der Waals surface area contributed by atoms with Gasteiger partial charge in [-0.1, -0.05) is 44.2 Å². The molecule has 0 aliphatic carbocycles. The first kappa shape index (κ1) is 38.0. The second-order valence-corrected chi connectivity index (χ2v) is 13.0. The number of aromatic amines is 1. The van der Waals surface area contributed by atoms with Crippen molar-refractivity contribution in [2.24, 2.45) is 11.8 Å². The third-order valence-corrected chi connectivity index (χ3v) is 8.81. The van der Waals surface area contributed by atoms with Crippen LogP contribution in [0.3, 0.4) is 0 Å². The molecule has 1 saturated heterocycles. The van der Waals surface area contributed by atoms with Crippen molar-refractivity contribution in [2.45, 2.75) is 58.2 Å². The number of nitrogens with zero attached hydrogens (tertiary/aromatic N) is 1. The van der Waals surface area contributed by atoms with Crippen molar-refractivity contribution in [1.82, 2.24) is 31.2 Å². The maximum atomic E-state index is 14.3. The van der Waals surface area contributed by atoms with Crippen molar-refractivity contribution in [3.05, 3.63) is 71.4 Å². The van der Waals surface area contributed by atoms with Gasteiger partial charge >= 0.3 is 5.97 Å². The lowest BCUT2D eigenvalue weighted by Gasteiger charge is -2.34. The number of nitrogens with one attached hydrogen (secondary N) is 6. The largest absolute Gasteiger partial charge is 0.481 e. The second-order valence-electron chi connectivity index (χ2n) is 13.0. The minimum Gasteiger partial charge on any atom is -0.481 e. The maximum Gasteiger partial charge on any atom is 0.305 e. The van der Waals surface area contributed by atoms with Gasteiger partial charge in [-0.05, 0) is 48.6 Å². The number of Topliss-reactive ketones (excluding diaryl/α,β-unsaturated/α-hetero) is 1. The highest BCUT2D eigenvalue weighted by Gasteiger charge is 2.38. The van der Waals surface area contributed by atoms with Gasteiger partial charge in [-0.25, -0.2) is 0 Å². The number of carboxylic acids is 1. The molecule has 0 radical (unpaired) electrons. The number of ketones is 1. The molecule has 3 aromatic rings. The van der Waals surface area contributed by atoms with Gasteiger partial charge in [-0.2, -0.15) is 0 Å². The van der Waals surface area contributed by atoms with Crippen LogP contribution in [-0.2, 0) is 35.2 Å². The molecule has 1 aliphatic heterocycles. The molecule has 15 heteroatoms. The average Bonchev–Trinajstić information content (AvgIpc) is 3.49. The SMILES string of the molecule is CC(=N)c1ccc(C(=O)NCC2NC(=O)[C@H](C(C)C)N(C)C(=O)[C@@H](Cc3c[nH]c4ccccc34)CC(=O)[C@H](CC(=O)O)NC(=O)CNC2=O)cc1. The Balaban J connectivity index is 1.67. The van der Waals surface area contributed by atoms with Gasteiger partial charge in [0.25, 0.3) is 5.91 Å². The van der Waals surface area contributed by atoms with Gasteiger partial charge < -0.3 is 41.7 Å². The summed E-state index contributed by atoms with van der Waals surface area (Å²) in [6.45, 7) is 3.97. The Labute approximate surface area is 294 Å². The first-order valence-electron chi connectivity index (χ1n) is 16.5. The fourth-order valence-electron chi connectivity index (χ4n) is 6.14. The van der Waals surface area contributed by atoms with Crippen molar-refractivity contribution < 1.29 is 38.7 Å². The number of carboxylic acid groups (broad SMARTS) is 1. The molecule has 4 rings (SSSR count). The van der Waals surface area contributed by atoms with Crippen LogP contribution in [0.1, 0.15) is 55.1 Å². The first-order valence-corrected chi connectivity index (χ1v) is 16.5. The van der Waals surface area contributed by atoms with E-state index in [0.717, 1.165) is 16.5 Å². The lowest BCUT2D eigenvalue weighted by molar-refractivity contribution is -0.145. The quantitative estimate of drug-likeness (QED) is 0.160. The van der Waals surface area contributed by atoms with E-state index in [9.17, 15) is 38.7 Å². The Morgan fingerprint density at radius 1 is 0.961 bits per heavy atom. The van der Waals surface area contributed by atoms with E-state index in [1.54, 1.807) is 39.1 Å². The minimum atomic E-state index is -1.50. The molecule has 0 saturated carbocycles. The van der Waals surface area contributed by atoms with Crippen LogP contribution in [0.4, 0.5) is 0 Å². The standard InChI is InChI=1S/C36H43N7O8/c1-19(2)32-35(50)42-28(17-39-33(48)22-11-9-21(10-12-22)20(3)37)34(49)40-18-30(45)41-27(15-31(46)47)29(44)14-23(36(51)43(32)4)13-24-16-38-26-8-6-5-7-25(24)26/h5-12,16,19,23,27-28,32,37-38H,13-15,17-18H2,1-4H3,(H,39,48)(H,40,49)(H,41,45)(H,42,50)(H,46,47)/t23-,27-,28?,32-/m0/s1. The fraction of sp³-hybridized carbons (Fsp3) is 0.389. The van der Waals surface area contributed by atoms with Crippen molar-refractivity contribution in [2.75, 3.05) is 20.1 Å². The van der Waals surface area contributed by atoms with Crippen molar-refractivity contribution in [3.63, 3.8) is 0 Å². The third kappa shape index (κ3) is 9.65. The van der Waals surface area contributed by atoms with E-state index in [0.29, 0.717) is 11.3 Å². The number of benzene rings is 2. The summed E-state index contributed by atoms with van der Waals surface area (Å²) in [7, 11) is 1.42. The number of amides is 5. The van der Waals surface area contributed by atoms with Crippen LogP contribution >= 0.6 is 0 Å². The number of para-hydroxylation sites is 1. The van der Waals surface area contributed by atoms with Gasteiger partial charge in [0.1, 0.15) is 12.1 Å². The highest BCUT2D eigenvalue weighted by molar-refractivity contribution is 6.00. The Bertz CT molecular complexity index is 1830. The second kappa shape index (κ2) is 16.7. The summed E-state index contributed by atoms with van der Waals surface area (Å²) in [4.78, 5) is 97.1. The Morgan fingerprint density at radius 2 is 1.63 bits per heavy atom. The zero-order valence-corrected chi connectivity index (χ0v) is 28.9. The number of aliphatic carboxylic acids is 1. The number of hydrogen-bond donors (Lipinski definition) is 7. The van der Waals surface area contributed by atoms with E-state index < -0.39 is 97.2 Å². The highest BCUT2D eigenvalue weighted by Crippen LogP contribution is 2.25. The Morgan fingerprint density at radius 3 is 2.27 bits per heavy atom. The predicted octanol–water partition coefficient (Wildman–Crippen LogP) is 1.16. The lowest BCUT2D eigenvalue weighted by Crippen LogP contribution is -2.59. The van der Waals surface area contributed by atoms with Crippen LogP contribution in [0.15, 0.2) is 54.7 Å². The summed E-state index contributed by atoms with van der Waals surface area (Å²) < 4.78 is 0. The molecule has 2 aromatic carbocycles. The molecular weight excluding hydrogens is 658 g/mol. The van der Waals surface area contributed by atoms with Crippen molar-refractivity contribution in [1.29, 1.82) is 5.41 Å². The molecule has 1 aromatic heterocycles. The zero-order valence-electron chi connectivity index (χ0n) is 28.9. The molecule has 0 bridgehead atoms. The molecule has 1 aliphatic rings. The average molecular weight is 702 g/mol. The van der Waals surface area contributed by atoms with Gasteiger partial charge in [-0.15, -0.1) is 0 Å². The number of aromatic nitrogens is 1. The van der Waals surface area contributed by atoms with E-state index in [-0.39, 0.29) is 12.0 Å². The van der Waals surface area contributed by atoms with Crippen molar-refractivity contribution in [3.8, 4) is 0 Å². The zero-order chi connectivity index (χ0) is 37.4. The summed E-state index contributed by atoms with van der Waals surface area (Å²) in [5.74, 6) is -7.15. The molecule has 270 valence electrons. The number of rotatable bonds is 9. The monoisotopic (exact) mass is 701 g/mol. The van der Waals surface area contributed by atoms with Crippen molar-refractivity contribution >= 4 is 57.9 Å². The molecule has 4 atom stereocenters. The van der Waals surface area contributed by atoms with Gasteiger partial charge in [-0.3, -0.25) is 33.6 Å². The Kier molecular flexibility index (Phi) is 12.4. The summed E-state index contributed by atoms with van der Waals surface area (Å²) in [6.07, 6.45) is 0.593. The first-order chi connectivity index (χ1) is 24.2. The normalized spacial score (nSPS) is 21.0. The fourth-order valence-corrected chi connectivity index (χ4v) is 6.14. The highest BCUT2D eigenvalue weighted by atomic mass is 16.4. The minimum absolute atomic E-state index is 0.0637. The summed E-state index contributed by atoms with van der Waals surface area (Å²) in [5.41, 5.74) is 2.70. The van der Waals surface area contributed by atoms with Gasteiger partial charge in [0.15, 0.2) is 5.78 Å². The van der Waals surface area contributed by atoms with Crippen LogP contribution in [-0.4, -0.2) is 100 Å². The molecule has 5 amide bonds. The number of carbonyl (C=O) groups excluding carboxylic acids is 6. The van der Waals surface area contributed by atoms with E-state index in [4.69, 9.17) is 5.41 Å². The number of fused-ring (bicyclic) bond motifs is 1. The molecule has 2 heterocycles. The van der Waals surface area contributed by atoms with Gasteiger partial charge in [0, 0.05) is 54.3 Å². The molecule has 0 spiro atoms. The van der Waals surface area contributed by atoms with E-state index in [2.05, 4.69) is 26.3 Å². The number of H-pyrrole nitrogens is 1. The third-order valence-electron chi connectivity index (χ3n) is 8.81. The van der Waals surface area contributed by atoms with Gasteiger partial charge in [0.05, 0.1) is 19.0 Å². The van der Waals surface area contributed by atoms with Crippen LogP contribution in [0.25, 0.3) is 10.9 Å².